The molecule has 0 atom stereocenters. The quantitative estimate of drug-likeness (QED) is 0.384. The number of unbranched alkanes of at least 4 members (excludes halogenated alkanes) is 1. The Morgan fingerprint density at radius 3 is 2.44 bits per heavy atom. The lowest BCUT2D eigenvalue weighted by Gasteiger charge is -2.12. The summed E-state index contributed by atoms with van der Waals surface area (Å²) in [6, 6.07) is 3.62. The Hall–Kier alpha value is -0.360. The molecule has 1 rings (SSSR count). The fourth-order valence-corrected chi connectivity index (χ4v) is 2.27. The third-order valence-electron chi connectivity index (χ3n) is 2.37. The lowest BCUT2D eigenvalue weighted by atomic mass is 10.00. The summed E-state index contributed by atoms with van der Waals surface area (Å²) in [5.74, 6) is -0.462. The summed E-state index contributed by atoms with van der Waals surface area (Å²) in [5, 5.41) is 0.743. The molecular weight excluding hydrogens is 377 g/mol. The van der Waals surface area contributed by atoms with Crippen molar-refractivity contribution < 1.29 is 18.0 Å². The predicted octanol–water partition coefficient (Wildman–Crippen LogP) is 5.22. The molecule has 1 nitrogen and oxygen atoms in total. The fraction of sp³-hybridized carbons (Fsp3) is 0.417. The van der Waals surface area contributed by atoms with Crippen LogP contribution in [0.1, 0.15) is 35.2 Å². The van der Waals surface area contributed by atoms with Crippen LogP contribution >= 0.6 is 31.9 Å². The number of hydrogen-bond donors (Lipinski definition) is 0. The van der Waals surface area contributed by atoms with Gasteiger partial charge in [-0.3, -0.25) is 4.79 Å². The van der Waals surface area contributed by atoms with Gasteiger partial charge in [0.15, 0.2) is 5.78 Å². The maximum atomic E-state index is 12.8. The van der Waals surface area contributed by atoms with Gasteiger partial charge in [-0.05, 0) is 31.0 Å². The lowest BCUT2D eigenvalue weighted by Crippen LogP contribution is -2.13. The molecule has 0 saturated heterocycles. The molecule has 0 aliphatic heterocycles. The van der Waals surface area contributed by atoms with Crippen molar-refractivity contribution in [2.45, 2.75) is 25.4 Å². The van der Waals surface area contributed by atoms with E-state index < -0.39 is 17.5 Å². The minimum atomic E-state index is -4.51. The van der Waals surface area contributed by atoms with Crippen LogP contribution in [-0.2, 0) is 6.18 Å². The number of carbonyl (C=O) groups is 1. The van der Waals surface area contributed by atoms with Crippen molar-refractivity contribution in [2.24, 2.45) is 0 Å². The van der Waals surface area contributed by atoms with E-state index in [-0.39, 0.29) is 12.0 Å². The van der Waals surface area contributed by atoms with Crippen molar-refractivity contribution in [1.29, 1.82) is 0 Å². The zero-order chi connectivity index (χ0) is 13.8. The van der Waals surface area contributed by atoms with Crippen LogP contribution < -0.4 is 0 Å². The maximum Gasteiger partial charge on any atom is 0.417 e. The van der Waals surface area contributed by atoms with Crippen molar-refractivity contribution in [2.75, 3.05) is 5.33 Å². The first kappa shape index (κ1) is 15.7. The molecule has 1 aromatic rings. The molecule has 0 aromatic heterocycles. The minimum absolute atomic E-state index is 0.135. The van der Waals surface area contributed by atoms with E-state index >= 15 is 0 Å². The van der Waals surface area contributed by atoms with Gasteiger partial charge in [0.2, 0.25) is 0 Å². The topological polar surface area (TPSA) is 17.1 Å². The Morgan fingerprint density at radius 2 is 1.89 bits per heavy atom. The average Bonchev–Trinajstić information content (AvgIpc) is 2.28. The van der Waals surface area contributed by atoms with Crippen LogP contribution in [0.2, 0.25) is 0 Å². The number of benzene rings is 1. The van der Waals surface area contributed by atoms with Crippen LogP contribution in [0, 0.1) is 0 Å². The normalized spacial score (nSPS) is 11.6. The highest BCUT2D eigenvalue weighted by Crippen LogP contribution is 2.34. The first-order valence-electron chi connectivity index (χ1n) is 5.32. The van der Waals surface area contributed by atoms with E-state index in [9.17, 15) is 18.0 Å². The molecule has 0 radical (unpaired) electrons. The van der Waals surface area contributed by atoms with Crippen molar-refractivity contribution >= 4 is 37.6 Å². The van der Waals surface area contributed by atoms with Crippen LogP contribution in [0.4, 0.5) is 13.2 Å². The van der Waals surface area contributed by atoms with Crippen LogP contribution in [-0.4, -0.2) is 11.1 Å². The lowest BCUT2D eigenvalue weighted by molar-refractivity contribution is -0.138. The van der Waals surface area contributed by atoms with E-state index in [0.29, 0.717) is 10.9 Å². The fourth-order valence-electron chi connectivity index (χ4n) is 1.51. The number of rotatable bonds is 5. The summed E-state index contributed by atoms with van der Waals surface area (Å²) in [6.07, 6.45) is -3.03. The summed E-state index contributed by atoms with van der Waals surface area (Å²) in [6.45, 7) is 0. The van der Waals surface area contributed by atoms with Crippen molar-refractivity contribution in [3.63, 3.8) is 0 Å². The Balaban J connectivity index is 2.97. The van der Waals surface area contributed by atoms with Gasteiger partial charge >= 0.3 is 6.18 Å². The molecule has 0 unspecified atom stereocenters. The Morgan fingerprint density at radius 1 is 1.22 bits per heavy atom. The van der Waals surface area contributed by atoms with Crippen molar-refractivity contribution in [3.05, 3.63) is 33.8 Å². The largest absolute Gasteiger partial charge is 0.417 e. The van der Waals surface area contributed by atoms with Crippen molar-refractivity contribution in [3.8, 4) is 0 Å². The summed E-state index contributed by atoms with van der Waals surface area (Å²) >= 11 is 6.20. The van der Waals surface area contributed by atoms with E-state index in [1.807, 2.05) is 0 Å². The second-order valence-corrected chi connectivity index (χ2v) is 5.47. The molecule has 0 aliphatic carbocycles. The molecule has 0 amide bonds. The number of ketones is 1. The highest BCUT2D eigenvalue weighted by atomic mass is 79.9. The van der Waals surface area contributed by atoms with E-state index in [2.05, 4.69) is 31.9 Å². The smallest absolute Gasteiger partial charge is 0.294 e. The Bertz CT molecular complexity index is 430. The third kappa shape index (κ3) is 4.39. The molecule has 0 N–H and O–H groups in total. The van der Waals surface area contributed by atoms with E-state index in [1.54, 1.807) is 0 Å². The van der Waals surface area contributed by atoms with E-state index in [1.165, 1.54) is 12.1 Å². The van der Waals surface area contributed by atoms with Gasteiger partial charge in [0.05, 0.1) is 5.56 Å². The number of alkyl halides is 4. The van der Waals surface area contributed by atoms with Gasteiger partial charge in [0.25, 0.3) is 0 Å². The van der Waals surface area contributed by atoms with Crippen LogP contribution in [0.3, 0.4) is 0 Å². The molecule has 0 aliphatic rings. The summed E-state index contributed by atoms with van der Waals surface area (Å²) in [4.78, 5) is 11.8. The molecule has 1 aromatic carbocycles. The highest BCUT2D eigenvalue weighted by molar-refractivity contribution is 9.10. The summed E-state index contributed by atoms with van der Waals surface area (Å²) < 4.78 is 38.7. The minimum Gasteiger partial charge on any atom is -0.294 e. The van der Waals surface area contributed by atoms with Crippen molar-refractivity contribution in [1.82, 2.24) is 0 Å². The molecule has 0 heterocycles. The summed E-state index contributed by atoms with van der Waals surface area (Å²) in [5.41, 5.74) is -1.12. The monoisotopic (exact) mass is 386 g/mol. The van der Waals surface area contributed by atoms with Gasteiger partial charge in [0.1, 0.15) is 0 Å². The highest BCUT2D eigenvalue weighted by Gasteiger charge is 2.35. The molecule has 0 saturated carbocycles. The van der Waals surface area contributed by atoms with Gasteiger partial charge < -0.3 is 0 Å². The SMILES string of the molecule is O=C(CCCCBr)c1ccc(Br)cc1C(F)(F)F. The second kappa shape index (κ2) is 6.70. The third-order valence-corrected chi connectivity index (χ3v) is 3.43. The van der Waals surface area contributed by atoms with Gasteiger partial charge in [-0.2, -0.15) is 13.2 Å². The molecule has 0 fully saturated rings. The zero-order valence-corrected chi connectivity index (χ0v) is 12.5. The summed E-state index contributed by atoms with van der Waals surface area (Å²) in [7, 11) is 0. The van der Waals surface area contributed by atoms with Gasteiger partial charge in [-0.1, -0.05) is 31.9 Å². The maximum absolute atomic E-state index is 12.8. The van der Waals surface area contributed by atoms with E-state index in [4.69, 9.17) is 0 Å². The molecule has 18 heavy (non-hydrogen) atoms. The van der Waals surface area contributed by atoms with Gasteiger partial charge in [-0.15, -0.1) is 0 Å². The van der Waals surface area contributed by atoms with E-state index in [0.717, 1.165) is 17.8 Å². The van der Waals surface area contributed by atoms with Gasteiger partial charge in [-0.25, -0.2) is 0 Å². The first-order chi connectivity index (χ1) is 8.36. The standard InChI is InChI=1S/C12H11Br2F3O/c13-6-2-1-3-11(18)9-5-4-8(14)7-10(9)12(15,16)17/h4-5,7H,1-3,6H2. The second-order valence-electron chi connectivity index (χ2n) is 3.76. The molecule has 100 valence electrons. The van der Waals surface area contributed by atoms with Crippen LogP contribution in [0.5, 0.6) is 0 Å². The number of carbonyl (C=O) groups excluding carboxylic acids is 1. The molecule has 6 heteroatoms. The number of Topliss-reactive ketones (excluding diaryl/α,β-unsaturated/α-hetero) is 1. The van der Waals surface area contributed by atoms with Gasteiger partial charge in [0, 0.05) is 21.8 Å². The number of halogens is 5. The molecular formula is C12H11Br2F3O. The molecule has 0 bridgehead atoms. The van der Waals surface area contributed by atoms with Crippen LogP contribution in [0.15, 0.2) is 22.7 Å². The zero-order valence-electron chi connectivity index (χ0n) is 9.36. The number of hydrogen-bond acceptors (Lipinski definition) is 1. The molecule has 0 spiro atoms. The predicted molar refractivity (Wildman–Crippen MR) is 71.1 cm³/mol. The average molecular weight is 388 g/mol. The Kier molecular flexibility index (Phi) is 5.85. The van der Waals surface area contributed by atoms with Crippen LogP contribution in [0.25, 0.3) is 0 Å². The first-order valence-corrected chi connectivity index (χ1v) is 7.23. The Labute approximate surface area is 120 Å².